The van der Waals surface area contributed by atoms with Gasteiger partial charge in [-0.1, -0.05) is 30.3 Å². The summed E-state index contributed by atoms with van der Waals surface area (Å²) in [7, 11) is 1.70. The smallest absolute Gasteiger partial charge is 0.249 e. The Hall–Kier alpha value is -2.36. The fourth-order valence-electron chi connectivity index (χ4n) is 3.15. The van der Waals surface area contributed by atoms with Gasteiger partial charge in [-0.3, -0.25) is 9.79 Å². The van der Waals surface area contributed by atoms with E-state index in [4.69, 9.17) is 9.84 Å². The number of nitrogens with zero attached hydrogens (tertiary/aromatic N) is 2. The Morgan fingerprint density at radius 2 is 2.21 bits per heavy atom. The number of amides is 1. The van der Waals surface area contributed by atoms with Crippen molar-refractivity contribution in [3.8, 4) is 0 Å². The third kappa shape index (κ3) is 5.59. The highest BCUT2D eigenvalue weighted by Crippen LogP contribution is 2.36. The van der Waals surface area contributed by atoms with Crippen molar-refractivity contribution in [2.24, 2.45) is 4.99 Å². The normalized spacial score (nSPS) is 15.7. The number of carbonyl (C=O) groups excluding carboxylic acids is 1. The molecule has 3 N–H and O–H groups in total. The van der Waals surface area contributed by atoms with Gasteiger partial charge in [0.05, 0.1) is 13.2 Å². The van der Waals surface area contributed by atoms with Crippen LogP contribution in [0.5, 0.6) is 0 Å². The predicted octanol–water partition coefficient (Wildman–Crippen LogP) is 2.09. The van der Waals surface area contributed by atoms with E-state index in [-0.39, 0.29) is 19.1 Å². The maximum absolute atomic E-state index is 12.4. The molecule has 1 atom stereocenters. The summed E-state index contributed by atoms with van der Waals surface area (Å²) in [6.45, 7) is 1.06. The van der Waals surface area contributed by atoms with E-state index < -0.39 is 6.41 Å². The van der Waals surface area contributed by atoms with Crippen molar-refractivity contribution in [3.63, 3.8) is 0 Å². The Bertz CT molecular complexity index is 880. The van der Waals surface area contributed by atoms with Crippen molar-refractivity contribution in [2.75, 3.05) is 32.1 Å². The largest absolute Gasteiger partial charge is 0.394 e. The van der Waals surface area contributed by atoms with E-state index in [1.54, 1.807) is 24.2 Å². The van der Waals surface area contributed by atoms with Crippen molar-refractivity contribution in [1.82, 2.24) is 4.90 Å². The number of benzene rings is 1. The van der Waals surface area contributed by atoms with E-state index in [0.717, 1.165) is 26.6 Å². The minimum absolute atomic E-state index is 0.0811. The molecule has 154 valence electrons. The van der Waals surface area contributed by atoms with Gasteiger partial charge in [0.1, 0.15) is 5.00 Å². The molecule has 29 heavy (non-hydrogen) atoms. The summed E-state index contributed by atoms with van der Waals surface area (Å²) in [4.78, 5) is 19.4. The first-order valence-corrected chi connectivity index (χ1v) is 10.2. The van der Waals surface area contributed by atoms with Crippen LogP contribution >= 0.6 is 11.3 Å². The molecule has 1 aromatic carbocycles. The summed E-state index contributed by atoms with van der Waals surface area (Å²) in [5, 5.41) is 22.7. The highest BCUT2D eigenvalue weighted by Gasteiger charge is 2.27. The van der Waals surface area contributed by atoms with Crippen LogP contribution in [0.2, 0.25) is 0 Å². The van der Waals surface area contributed by atoms with Crippen molar-refractivity contribution in [2.45, 2.75) is 19.4 Å². The molecule has 1 aliphatic heterocycles. The fraction of sp³-hybridized carbons (Fsp3) is 0.333. The average Bonchev–Trinajstić information content (AvgIpc) is 3.07. The van der Waals surface area contributed by atoms with Crippen LogP contribution < -0.4 is 5.32 Å². The number of hydrogen-bond acceptors (Lipinski definition) is 7. The number of thiophene rings is 1. The third-order valence-corrected chi connectivity index (χ3v) is 5.67. The fourth-order valence-corrected chi connectivity index (χ4v) is 4.40. The van der Waals surface area contributed by atoms with E-state index >= 15 is 0 Å². The van der Waals surface area contributed by atoms with E-state index in [1.807, 2.05) is 30.3 Å². The van der Waals surface area contributed by atoms with Crippen LogP contribution in [0.3, 0.4) is 0 Å². The van der Waals surface area contributed by atoms with E-state index in [9.17, 15) is 9.90 Å². The van der Waals surface area contributed by atoms with Crippen molar-refractivity contribution in [1.29, 1.82) is 0 Å². The lowest BCUT2D eigenvalue weighted by Crippen LogP contribution is -2.40. The van der Waals surface area contributed by atoms with E-state index in [0.29, 0.717) is 19.5 Å². The maximum Gasteiger partial charge on any atom is 0.249 e. The van der Waals surface area contributed by atoms with Gasteiger partial charge in [-0.15, -0.1) is 11.3 Å². The molecule has 0 aliphatic carbocycles. The van der Waals surface area contributed by atoms with Crippen LogP contribution in [0.15, 0.2) is 41.4 Å². The molecular formula is C21H25N3O4S. The van der Waals surface area contributed by atoms with Crippen LogP contribution in [0, 0.1) is 0 Å². The minimum Gasteiger partial charge on any atom is -0.394 e. The van der Waals surface area contributed by atoms with Crippen LogP contribution in [0.4, 0.5) is 5.00 Å². The number of aliphatic hydroxyl groups is 2. The minimum atomic E-state index is -1.06. The van der Waals surface area contributed by atoms with Gasteiger partial charge >= 0.3 is 0 Å². The molecule has 1 aromatic heterocycles. The van der Waals surface area contributed by atoms with Gasteiger partial charge in [-0.05, 0) is 23.6 Å². The van der Waals surface area contributed by atoms with Gasteiger partial charge in [-0.2, -0.15) is 0 Å². The van der Waals surface area contributed by atoms with Crippen molar-refractivity contribution in [3.05, 3.63) is 58.0 Å². The van der Waals surface area contributed by atoms with Crippen LogP contribution in [-0.4, -0.2) is 60.5 Å². The SMILES string of the molecule is CN=Cc1c(NC(=O)/C=C/c2ccccc2)sc2c1CCN(C(O)OCCO)C2. The Morgan fingerprint density at radius 3 is 2.93 bits per heavy atom. The number of carbonyl (C=O) groups is 1. The number of fused-ring (bicyclic) bond motifs is 1. The van der Waals surface area contributed by atoms with Gasteiger partial charge in [0.15, 0.2) is 0 Å². The maximum atomic E-state index is 12.4. The number of ether oxygens (including phenoxy) is 1. The number of aliphatic hydroxyl groups excluding tert-OH is 2. The number of rotatable bonds is 8. The second kappa shape index (κ2) is 10.4. The summed E-state index contributed by atoms with van der Waals surface area (Å²) in [5.74, 6) is -0.207. The molecule has 0 bridgehead atoms. The second-order valence-electron chi connectivity index (χ2n) is 6.51. The molecule has 1 amide bonds. The Morgan fingerprint density at radius 1 is 1.41 bits per heavy atom. The standard InChI is InChI=1S/C21H25N3O4S/c1-22-13-17-16-9-10-24(21(27)28-12-11-25)14-18(16)29-20(17)23-19(26)8-7-15-5-3-2-4-6-15/h2-8,13,21,25,27H,9-12,14H2,1H3,(H,23,26)/b8-7+,22-13?. The monoisotopic (exact) mass is 415 g/mol. The first kappa shape index (κ1) is 21.4. The van der Waals surface area contributed by atoms with E-state index in [1.165, 1.54) is 17.4 Å². The average molecular weight is 416 g/mol. The van der Waals surface area contributed by atoms with Gasteiger partial charge in [0.25, 0.3) is 0 Å². The first-order chi connectivity index (χ1) is 14.1. The lowest BCUT2D eigenvalue weighted by atomic mass is 10.0. The summed E-state index contributed by atoms with van der Waals surface area (Å²) < 4.78 is 5.20. The molecule has 0 radical (unpaired) electrons. The zero-order chi connectivity index (χ0) is 20.6. The molecule has 0 saturated heterocycles. The van der Waals surface area contributed by atoms with Gasteiger partial charge in [0, 0.05) is 42.9 Å². The zero-order valence-electron chi connectivity index (χ0n) is 16.2. The highest BCUT2D eigenvalue weighted by molar-refractivity contribution is 7.17. The molecule has 7 nitrogen and oxygen atoms in total. The Kier molecular flexibility index (Phi) is 7.68. The molecule has 1 aliphatic rings. The van der Waals surface area contributed by atoms with Crippen LogP contribution in [0.1, 0.15) is 21.6 Å². The third-order valence-electron chi connectivity index (χ3n) is 4.52. The lowest BCUT2D eigenvalue weighted by Gasteiger charge is -2.30. The number of anilines is 1. The highest BCUT2D eigenvalue weighted by atomic mass is 32.1. The van der Waals surface area contributed by atoms with Crippen LogP contribution in [0.25, 0.3) is 6.08 Å². The summed E-state index contributed by atoms with van der Waals surface area (Å²) in [6.07, 6.45) is 4.70. The molecule has 0 spiro atoms. The lowest BCUT2D eigenvalue weighted by molar-refractivity contribution is -0.201. The van der Waals surface area contributed by atoms with Crippen molar-refractivity contribution < 1.29 is 19.7 Å². The summed E-state index contributed by atoms with van der Waals surface area (Å²) in [5.41, 5.74) is 3.00. The van der Waals surface area contributed by atoms with Gasteiger partial charge in [-0.25, -0.2) is 4.90 Å². The molecule has 8 heteroatoms. The number of aliphatic imine (C=N–C) groups is 1. The molecule has 0 saturated carbocycles. The first-order valence-electron chi connectivity index (χ1n) is 9.37. The quantitative estimate of drug-likeness (QED) is 0.349. The number of hydrogen-bond donors (Lipinski definition) is 3. The molecule has 0 fully saturated rings. The van der Waals surface area contributed by atoms with Gasteiger partial charge in [0.2, 0.25) is 12.3 Å². The van der Waals surface area contributed by atoms with E-state index in [2.05, 4.69) is 10.3 Å². The second-order valence-corrected chi connectivity index (χ2v) is 7.61. The predicted molar refractivity (Wildman–Crippen MR) is 115 cm³/mol. The van der Waals surface area contributed by atoms with Crippen LogP contribution in [-0.2, 0) is 22.5 Å². The van der Waals surface area contributed by atoms with Gasteiger partial charge < -0.3 is 20.3 Å². The Balaban J connectivity index is 1.74. The number of nitrogens with one attached hydrogen (secondary N) is 1. The molecular weight excluding hydrogens is 390 g/mol. The molecule has 2 aromatic rings. The van der Waals surface area contributed by atoms with Crippen molar-refractivity contribution >= 4 is 34.5 Å². The summed E-state index contributed by atoms with van der Waals surface area (Å²) in [6, 6.07) is 9.64. The molecule has 2 heterocycles. The zero-order valence-corrected chi connectivity index (χ0v) is 17.1. The summed E-state index contributed by atoms with van der Waals surface area (Å²) >= 11 is 1.48. The molecule has 3 rings (SSSR count). The topological polar surface area (TPSA) is 94.4 Å². The molecule has 1 unspecified atom stereocenters. The Labute approximate surface area is 174 Å².